The Morgan fingerprint density at radius 1 is 1.69 bits per heavy atom. The largest absolute Gasteiger partial charge is 0.367 e. The van der Waals surface area contributed by atoms with E-state index in [-0.39, 0.29) is 0 Å². The van der Waals surface area contributed by atoms with Gasteiger partial charge in [0.25, 0.3) is 0 Å². The molecule has 72 valence electrons. The van der Waals surface area contributed by atoms with Crippen molar-refractivity contribution in [1.29, 1.82) is 0 Å². The standard InChI is InChI=1S/C10H16N2S/c1-12(10-3-5-13-8-10)7-9-2-4-11-6-9/h2,4,6,10-11H,3,5,7-8H2,1H3. The van der Waals surface area contributed by atoms with Gasteiger partial charge in [-0.25, -0.2) is 0 Å². The van der Waals surface area contributed by atoms with Crippen molar-refractivity contribution in [1.82, 2.24) is 9.88 Å². The molecule has 1 aliphatic heterocycles. The molecule has 2 nitrogen and oxygen atoms in total. The van der Waals surface area contributed by atoms with E-state index in [2.05, 4.69) is 41.0 Å². The van der Waals surface area contributed by atoms with Crippen molar-refractivity contribution in [3.05, 3.63) is 24.0 Å². The molecule has 1 N–H and O–H groups in total. The van der Waals surface area contributed by atoms with Crippen LogP contribution in [-0.4, -0.2) is 34.5 Å². The lowest BCUT2D eigenvalue weighted by molar-refractivity contribution is 0.254. The van der Waals surface area contributed by atoms with Gasteiger partial charge in [-0.05, 0) is 30.9 Å². The number of aromatic nitrogens is 1. The quantitative estimate of drug-likeness (QED) is 0.797. The lowest BCUT2D eigenvalue weighted by Gasteiger charge is -2.22. The molecule has 2 heterocycles. The van der Waals surface area contributed by atoms with E-state index in [0.717, 1.165) is 12.6 Å². The zero-order chi connectivity index (χ0) is 9.10. The van der Waals surface area contributed by atoms with Crippen LogP contribution in [0.25, 0.3) is 0 Å². The van der Waals surface area contributed by atoms with Crippen LogP contribution >= 0.6 is 11.8 Å². The average Bonchev–Trinajstić information content (AvgIpc) is 2.74. The van der Waals surface area contributed by atoms with Crippen LogP contribution in [0.4, 0.5) is 0 Å². The predicted molar refractivity (Wildman–Crippen MR) is 58.0 cm³/mol. The Balaban J connectivity index is 1.87. The molecule has 1 fully saturated rings. The van der Waals surface area contributed by atoms with Gasteiger partial charge in [0.15, 0.2) is 0 Å². The molecule has 2 rings (SSSR count). The van der Waals surface area contributed by atoms with Crippen LogP contribution in [0.15, 0.2) is 18.5 Å². The fourth-order valence-corrected chi connectivity index (χ4v) is 3.04. The maximum absolute atomic E-state index is 3.09. The molecule has 0 aliphatic carbocycles. The van der Waals surface area contributed by atoms with Crippen molar-refractivity contribution in [2.45, 2.75) is 19.0 Å². The van der Waals surface area contributed by atoms with E-state index in [1.807, 2.05) is 6.20 Å². The zero-order valence-electron chi connectivity index (χ0n) is 7.99. The van der Waals surface area contributed by atoms with Gasteiger partial charge in [0, 0.05) is 30.7 Å². The van der Waals surface area contributed by atoms with Crippen molar-refractivity contribution in [2.75, 3.05) is 18.6 Å². The molecule has 1 aromatic heterocycles. The lowest BCUT2D eigenvalue weighted by atomic mass is 10.2. The summed E-state index contributed by atoms with van der Waals surface area (Å²) in [7, 11) is 2.23. The Kier molecular flexibility index (Phi) is 2.96. The van der Waals surface area contributed by atoms with E-state index in [1.54, 1.807) is 0 Å². The number of aromatic amines is 1. The van der Waals surface area contributed by atoms with E-state index in [1.165, 1.54) is 23.5 Å². The number of rotatable bonds is 3. The summed E-state index contributed by atoms with van der Waals surface area (Å²) in [4.78, 5) is 5.56. The normalized spacial score (nSPS) is 22.8. The first-order chi connectivity index (χ1) is 6.36. The molecule has 13 heavy (non-hydrogen) atoms. The SMILES string of the molecule is CN(Cc1cc[nH]c1)C1CCSC1. The second kappa shape index (κ2) is 4.20. The van der Waals surface area contributed by atoms with Crippen LogP contribution in [0.1, 0.15) is 12.0 Å². The number of hydrogen-bond donors (Lipinski definition) is 1. The molecule has 0 spiro atoms. The monoisotopic (exact) mass is 196 g/mol. The number of thioether (sulfide) groups is 1. The topological polar surface area (TPSA) is 19.0 Å². The molecule has 0 bridgehead atoms. The van der Waals surface area contributed by atoms with E-state index < -0.39 is 0 Å². The summed E-state index contributed by atoms with van der Waals surface area (Å²) in [6.45, 7) is 1.08. The number of nitrogens with one attached hydrogen (secondary N) is 1. The Labute approximate surface area is 83.7 Å². The van der Waals surface area contributed by atoms with Gasteiger partial charge < -0.3 is 4.98 Å². The van der Waals surface area contributed by atoms with Gasteiger partial charge in [-0.3, -0.25) is 4.90 Å². The van der Waals surface area contributed by atoms with Gasteiger partial charge in [0.2, 0.25) is 0 Å². The molecule has 0 radical (unpaired) electrons. The molecule has 0 aromatic carbocycles. The maximum Gasteiger partial charge on any atom is 0.0248 e. The lowest BCUT2D eigenvalue weighted by Crippen LogP contribution is -2.30. The summed E-state index contributed by atoms with van der Waals surface area (Å²) < 4.78 is 0. The minimum atomic E-state index is 0.792. The molecule has 3 heteroatoms. The highest BCUT2D eigenvalue weighted by Gasteiger charge is 2.19. The van der Waals surface area contributed by atoms with Crippen LogP contribution in [0.5, 0.6) is 0 Å². The number of hydrogen-bond acceptors (Lipinski definition) is 2. The minimum absolute atomic E-state index is 0.792. The van der Waals surface area contributed by atoms with Gasteiger partial charge >= 0.3 is 0 Å². The molecule has 1 saturated heterocycles. The van der Waals surface area contributed by atoms with Crippen molar-refractivity contribution < 1.29 is 0 Å². The summed E-state index contributed by atoms with van der Waals surface area (Å²) in [6.07, 6.45) is 5.43. The fraction of sp³-hybridized carbons (Fsp3) is 0.600. The van der Waals surface area contributed by atoms with Crippen LogP contribution in [0.3, 0.4) is 0 Å². The Morgan fingerprint density at radius 3 is 3.23 bits per heavy atom. The number of H-pyrrole nitrogens is 1. The Hall–Kier alpha value is -0.410. The second-order valence-corrected chi connectivity index (χ2v) is 4.80. The van der Waals surface area contributed by atoms with Crippen LogP contribution in [0, 0.1) is 0 Å². The van der Waals surface area contributed by atoms with Crippen LogP contribution in [-0.2, 0) is 6.54 Å². The summed E-state index contributed by atoms with van der Waals surface area (Å²) in [5.74, 6) is 2.64. The first kappa shape index (κ1) is 9.16. The van der Waals surface area contributed by atoms with E-state index in [0.29, 0.717) is 0 Å². The molecule has 1 atom stereocenters. The molecular weight excluding hydrogens is 180 g/mol. The Morgan fingerprint density at radius 2 is 2.62 bits per heavy atom. The number of nitrogens with zero attached hydrogens (tertiary/aromatic N) is 1. The predicted octanol–water partition coefficient (Wildman–Crippen LogP) is 1.95. The van der Waals surface area contributed by atoms with E-state index in [4.69, 9.17) is 0 Å². The van der Waals surface area contributed by atoms with Gasteiger partial charge in [0.05, 0.1) is 0 Å². The van der Waals surface area contributed by atoms with Crippen LogP contribution < -0.4 is 0 Å². The summed E-state index contributed by atoms with van der Waals surface area (Å²) in [5, 5.41) is 0. The second-order valence-electron chi connectivity index (χ2n) is 3.65. The van der Waals surface area contributed by atoms with Crippen molar-refractivity contribution in [3.8, 4) is 0 Å². The summed E-state index contributed by atoms with van der Waals surface area (Å²) in [6, 6.07) is 2.94. The minimum Gasteiger partial charge on any atom is -0.367 e. The first-order valence-corrected chi connectivity index (χ1v) is 5.91. The van der Waals surface area contributed by atoms with Gasteiger partial charge in [-0.2, -0.15) is 11.8 Å². The average molecular weight is 196 g/mol. The molecular formula is C10H16N2S. The van der Waals surface area contributed by atoms with Crippen molar-refractivity contribution >= 4 is 11.8 Å². The third-order valence-corrected chi connectivity index (χ3v) is 3.77. The zero-order valence-corrected chi connectivity index (χ0v) is 8.81. The molecule has 1 aliphatic rings. The highest BCUT2D eigenvalue weighted by Crippen LogP contribution is 2.22. The van der Waals surface area contributed by atoms with Gasteiger partial charge in [0.1, 0.15) is 0 Å². The smallest absolute Gasteiger partial charge is 0.0248 e. The van der Waals surface area contributed by atoms with E-state index >= 15 is 0 Å². The van der Waals surface area contributed by atoms with Crippen molar-refractivity contribution in [3.63, 3.8) is 0 Å². The summed E-state index contributed by atoms with van der Waals surface area (Å²) >= 11 is 2.07. The molecule has 0 saturated carbocycles. The maximum atomic E-state index is 3.09. The third-order valence-electron chi connectivity index (χ3n) is 2.62. The molecule has 1 unspecified atom stereocenters. The summed E-state index contributed by atoms with van der Waals surface area (Å²) in [5.41, 5.74) is 1.39. The van der Waals surface area contributed by atoms with E-state index in [9.17, 15) is 0 Å². The molecule has 0 amide bonds. The van der Waals surface area contributed by atoms with Crippen molar-refractivity contribution in [2.24, 2.45) is 0 Å². The first-order valence-electron chi connectivity index (χ1n) is 4.76. The highest BCUT2D eigenvalue weighted by atomic mass is 32.2. The molecule has 1 aromatic rings. The van der Waals surface area contributed by atoms with Crippen LogP contribution in [0.2, 0.25) is 0 Å². The Bertz CT molecular complexity index is 239. The highest BCUT2D eigenvalue weighted by molar-refractivity contribution is 7.99. The fourth-order valence-electron chi connectivity index (χ4n) is 1.74. The van der Waals surface area contributed by atoms with Gasteiger partial charge in [-0.15, -0.1) is 0 Å². The van der Waals surface area contributed by atoms with Gasteiger partial charge in [-0.1, -0.05) is 0 Å². The third kappa shape index (κ3) is 2.29.